The van der Waals surface area contributed by atoms with Crippen molar-refractivity contribution in [2.24, 2.45) is 0 Å². The summed E-state index contributed by atoms with van der Waals surface area (Å²) in [5.74, 6) is 0. The van der Waals surface area contributed by atoms with Crippen LogP contribution in [0.1, 0.15) is 25.5 Å². The Morgan fingerprint density at radius 1 is 1.29 bits per heavy atom. The molecule has 0 saturated carbocycles. The standard InChI is InChI=1S/C19H23N3O2/c1-14-13-22(10-11-24-14)19(23)21-15(2)16-5-7-17(8-6-16)18-4-3-9-20-12-18/h3-9,12,14-15H,10-11,13H2,1-2H3,(H,21,23). The molecule has 126 valence electrons. The molecule has 0 bridgehead atoms. The summed E-state index contributed by atoms with van der Waals surface area (Å²) in [6, 6.07) is 12.1. The number of urea groups is 1. The Balaban J connectivity index is 1.62. The fourth-order valence-electron chi connectivity index (χ4n) is 2.86. The van der Waals surface area contributed by atoms with Gasteiger partial charge in [-0.05, 0) is 36.6 Å². The smallest absolute Gasteiger partial charge is 0.318 e. The van der Waals surface area contributed by atoms with Gasteiger partial charge in [0.25, 0.3) is 0 Å². The van der Waals surface area contributed by atoms with E-state index >= 15 is 0 Å². The van der Waals surface area contributed by atoms with E-state index in [9.17, 15) is 4.79 Å². The molecule has 1 aromatic carbocycles. The Hall–Kier alpha value is -2.40. The van der Waals surface area contributed by atoms with Crippen LogP contribution in [-0.2, 0) is 4.74 Å². The van der Waals surface area contributed by atoms with Crippen LogP contribution in [0, 0.1) is 0 Å². The molecule has 1 aliphatic heterocycles. The van der Waals surface area contributed by atoms with Gasteiger partial charge in [0, 0.05) is 25.5 Å². The second-order valence-electron chi connectivity index (χ2n) is 6.16. The van der Waals surface area contributed by atoms with E-state index in [0.29, 0.717) is 19.7 Å². The fraction of sp³-hybridized carbons (Fsp3) is 0.368. The lowest BCUT2D eigenvalue weighted by Crippen LogP contribution is -2.49. The maximum absolute atomic E-state index is 12.4. The van der Waals surface area contributed by atoms with E-state index in [-0.39, 0.29) is 18.2 Å². The van der Waals surface area contributed by atoms with Crippen molar-refractivity contribution >= 4 is 6.03 Å². The second-order valence-corrected chi connectivity index (χ2v) is 6.16. The highest BCUT2D eigenvalue weighted by molar-refractivity contribution is 5.75. The molecule has 1 saturated heterocycles. The van der Waals surface area contributed by atoms with Gasteiger partial charge in [-0.15, -0.1) is 0 Å². The van der Waals surface area contributed by atoms with Crippen molar-refractivity contribution in [1.82, 2.24) is 15.2 Å². The number of pyridine rings is 1. The molecule has 2 amide bonds. The minimum absolute atomic E-state index is 0.0333. The summed E-state index contributed by atoms with van der Waals surface area (Å²) < 4.78 is 5.48. The number of hydrogen-bond acceptors (Lipinski definition) is 3. The summed E-state index contributed by atoms with van der Waals surface area (Å²) >= 11 is 0. The predicted octanol–water partition coefficient (Wildman–Crippen LogP) is 3.24. The van der Waals surface area contributed by atoms with Gasteiger partial charge in [-0.1, -0.05) is 30.3 Å². The van der Waals surface area contributed by atoms with Gasteiger partial charge in [0.05, 0.1) is 18.8 Å². The average molecular weight is 325 g/mol. The monoisotopic (exact) mass is 325 g/mol. The van der Waals surface area contributed by atoms with Gasteiger partial charge in [-0.2, -0.15) is 0 Å². The van der Waals surface area contributed by atoms with Gasteiger partial charge in [0.1, 0.15) is 0 Å². The molecule has 5 heteroatoms. The largest absolute Gasteiger partial charge is 0.375 e. The number of nitrogens with zero attached hydrogens (tertiary/aromatic N) is 2. The molecule has 2 unspecified atom stereocenters. The van der Waals surface area contributed by atoms with Crippen LogP contribution in [0.2, 0.25) is 0 Å². The van der Waals surface area contributed by atoms with Gasteiger partial charge in [0.15, 0.2) is 0 Å². The summed E-state index contributed by atoms with van der Waals surface area (Å²) in [6.07, 6.45) is 3.71. The highest BCUT2D eigenvalue weighted by Gasteiger charge is 2.22. The van der Waals surface area contributed by atoms with Crippen LogP contribution in [0.5, 0.6) is 0 Å². The minimum atomic E-state index is -0.0430. The molecule has 5 nitrogen and oxygen atoms in total. The summed E-state index contributed by atoms with van der Waals surface area (Å²) in [6.45, 7) is 5.87. The SMILES string of the molecule is CC1CN(C(=O)NC(C)c2ccc(-c3cccnc3)cc2)CCO1. The topological polar surface area (TPSA) is 54.5 Å². The Kier molecular flexibility index (Phi) is 5.11. The van der Waals surface area contributed by atoms with Gasteiger partial charge in [-0.3, -0.25) is 4.98 Å². The number of carbonyl (C=O) groups is 1. The molecule has 2 atom stereocenters. The lowest BCUT2D eigenvalue weighted by atomic mass is 10.0. The number of hydrogen-bond donors (Lipinski definition) is 1. The zero-order chi connectivity index (χ0) is 16.9. The third kappa shape index (κ3) is 3.92. The lowest BCUT2D eigenvalue weighted by molar-refractivity contribution is -0.00380. The first kappa shape index (κ1) is 16.5. The molecule has 1 aromatic heterocycles. The third-order valence-electron chi connectivity index (χ3n) is 4.27. The maximum atomic E-state index is 12.4. The van der Waals surface area contributed by atoms with Crippen molar-refractivity contribution in [1.29, 1.82) is 0 Å². The number of ether oxygens (including phenoxy) is 1. The van der Waals surface area contributed by atoms with Crippen molar-refractivity contribution < 1.29 is 9.53 Å². The summed E-state index contributed by atoms with van der Waals surface area (Å²) in [5, 5.41) is 3.06. The molecule has 1 fully saturated rings. The first-order valence-corrected chi connectivity index (χ1v) is 8.31. The molecule has 2 heterocycles. The molecule has 2 aromatic rings. The van der Waals surface area contributed by atoms with Crippen LogP contribution in [-0.4, -0.2) is 41.7 Å². The van der Waals surface area contributed by atoms with Crippen molar-refractivity contribution in [3.63, 3.8) is 0 Å². The van der Waals surface area contributed by atoms with Crippen molar-refractivity contribution in [3.05, 3.63) is 54.4 Å². The number of rotatable bonds is 3. The first-order chi connectivity index (χ1) is 11.6. The Bertz CT molecular complexity index is 673. The number of nitrogens with one attached hydrogen (secondary N) is 1. The van der Waals surface area contributed by atoms with E-state index in [1.807, 2.05) is 37.1 Å². The second kappa shape index (κ2) is 7.45. The molecular weight excluding hydrogens is 302 g/mol. The Labute approximate surface area is 142 Å². The van der Waals surface area contributed by atoms with E-state index in [0.717, 1.165) is 16.7 Å². The summed E-state index contributed by atoms with van der Waals surface area (Å²) in [4.78, 5) is 18.3. The zero-order valence-corrected chi connectivity index (χ0v) is 14.1. The first-order valence-electron chi connectivity index (χ1n) is 8.31. The van der Waals surface area contributed by atoms with E-state index in [1.54, 1.807) is 6.20 Å². The molecule has 1 N–H and O–H groups in total. The zero-order valence-electron chi connectivity index (χ0n) is 14.1. The van der Waals surface area contributed by atoms with Crippen molar-refractivity contribution in [2.45, 2.75) is 26.0 Å². The van der Waals surface area contributed by atoms with Crippen molar-refractivity contribution in [3.8, 4) is 11.1 Å². The molecule has 0 spiro atoms. The van der Waals surface area contributed by atoms with E-state index < -0.39 is 0 Å². The Morgan fingerprint density at radius 2 is 2.08 bits per heavy atom. The molecule has 0 radical (unpaired) electrons. The van der Waals surface area contributed by atoms with Crippen LogP contribution in [0.4, 0.5) is 4.79 Å². The van der Waals surface area contributed by atoms with Crippen LogP contribution >= 0.6 is 0 Å². The molecule has 3 rings (SSSR count). The maximum Gasteiger partial charge on any atom is 0.318 e. The van der Waals surface area contributed by atoms with Crippen LogP contribution in [0.25, 0.3) is 11.1 Å². The molecule has 1 aliphatic rings. The molecule has 0 aliphatic carbocycles. The summed E-state index contributed by atoms with van der Waals surface area (Å²) in [7, 11) is 0. The quantitative estimate of drug-likeness (QED) is 0.942. The number of benzene rings is 1. The van der Waals surface area contributed by atoms with Gasteiger partial charge < -0.3 is 15.0 Å². The molecule has 24 heavy (non-hydrogen) atoms. The lowest BCUT2D eigenvalue weighted by Gasteiger charge is -2.32. The van der Waals surface area contributed by atoms with Crippen LogP contribution < -0.4 is 5.32 Å². The fourth-order valence-corrected chi connectivity index (χ4v) is 2.86. The summed E-state index contributed by atoms with van der Waals surface area (Å²) in [5.41, 5.74) is 3.28. The van der Waals surface area contributed by atoms with E-state index in [4.69, 9.17) is 4.74 Å². The Morgan fingerprint density at radius 3 is 2.75 bits per heavy atom. The number of morpholine rings is 1. The van der Waals surface area contributed by atoms with Crippen LogP contribution in [0.15, 0.2) is 48.8 Å². The highest BCUT2D eigenvalue weighted by atomic mass is 16.5. The average Bonchev–Trinajstić information content (AvgIpc) is 2.62. The van der Waals surface area contributed by atoms with Crippen molar-refractivity contribution in [2.75, 3.05) is 19.7 Å². The third-order valence-corrected chi connectivity index (χ3v) is 4.27. The highest BCUT2D eigenvalue weighted by Crippen LogP contribution is 2.21. The van der Waals surface area contributed by atoms with E-state index in [1.165, 1.54) is 0 Å². The van der Waals surface area contributed by atoms with Gasteiger partial charge in [0.2, 0.25) is 0 Å². The molecular formula is C19H23N3O2. The van der Waals surface area contributed by atoms with E-state index in [2.05, 4.69) is 34.6 Å². The predicted molar refractivity (Wildman–Crippen MR) is 93.6 cm³/mol. The number of carbonyl (C=O) groups excluding carboxylic acids is 1. The number of aromatic nitrogens is 1. The number of amides is 2. The normalized spacial score (nSPS) is 18.9. The van der Waals surface area contributed by atoms with Gasteiger partial charge >= 0.3 is 6.03 Å². The van der Waals surface area contributed by atoms with Gasteiger partial charge in [-0.25, -0.2) is 4.79 Å². The minimum Gasteiger partial charge on any atom is -0.375 e. The van der Waals surface area contributed by atoms with Crippen LogP contribution in [0.3, 0.4) is 0 Å².